The Balaban J connectivity index is 1.53. The molecular formula is C19H20N2O2S. The first-order chi connectivity index (χ1) is 11.6. The van der Waals surface area contributed by atoms with Crippen LogP contribution in [0.25, 0.3) is 6.08 Å². The molecule has 1 aliphatic rings. The van der Waals surface area contributed by atoms with Crippen molar-refractivity contribution < 1.29 is 9.59 Å². The third-order valence-electron chi connectivity index (χ3n) is 3.99. The molecule has 1 saturated heterocycles. The minimum absolute atomic E-state index is 0.00688. The van der Waals surface area contributed by atoms with Crippen molar-refractivity contribution in [3.63, 3.8) is 0 Å². The highest BCUT2D eigenvalue weighted by atomic mass is 32.1. The molecule has 4 nitrogen and oxygen atoms in total. The number of hydrogen-bond acceptors (Lipinski definition) is 3. The molecule has 1 aromatic carbocycles. The summed E-state index contributed by atoms with van der Waals surface area (Å²) < 4.78 is 0. The normalized spacial score (nSPS) is 17.6. The van der Waals surface area contributed by atoms with Crippen molar-refractivity contribution in [1.29, 1.82) is 0 Å². The van der Waals surface area contributed by atoms with E-state index in [4.69, 9.17) is 0 Å². The molecular weight excluding hydrogens is 320 g/mol. The lowest BCUT2D eigenvalue weighted by Crippen LogP contribution is -2.40. The van der Waals surface area contributed by atoms with E-state index in [1.54, 1.807) is 22.3 Å². The van der Waals surface area contributed by atoms with E-state index in [9.17, 15) is 9.59 Å². The monoisotopic (exact) mass is 340 g/mol. The molecule has 0 unspecified atom stereocenters. The smallest absolute Gasteiger partial charge is 0.245 e. The number of amides is 2. The lowest BCUT2D eigenvalue weighted by molar-refractivity contribution is -0.132. The second-order valence-electron chi connectivity index (χ2n) is 5.88. The second-order valence-corrected chi connectivity index (χ2v) is 7.20. The quantitative estimate of drug-likeness (QED) is 0.851. The first-order valence-electron chi connectivity index (χ1n) is 7.99. The van der Waals surface area contributed by atoms with Gasteiger partial charge in [0.1, 0.15) is 6.04 Å². The van der Waals surface area contributed by atoms with E-state index >= 15 is 0 Å². The van der Waals surface area contributed by atoms with E-state index < -0.39 is 6.04 Å². The molecule has 1 fully saturated rings. The average molecular weight is 340 g/mol. The van der Waals surface area contributed by atoms with Crippen molar-refractivity contribution in [2.24, 2.45) is 0 Å². The van der Waals surface area contributed by atoms with Crippen LogP contribution in [-0.2, 0) is 16.1 Å². The van der Waals surface area contributed by atoms with Crippen LogP contribution >= 0.6 is 11.3 Å². The van der Waals surface area contributed by atoms with Gasteiger partial charge in [-0.15, -0.1) is 11.3 Å². The largest absolute Gasteiger partial charge is 0.341 e. The molecule has 0 bridgehead atoms. The Morgan fingerprint density at radius 2 is 2.08 bits per heavy atom. The first kappa shape index (κ1) is 16.5. The number of carbonyl (C=O) groups is 2. The lowest BCUT2D eigenvalue weighted by Gasteiger charge is -2.16. The van der Waals surface area contributed by atoms with Crippen LogP contribution in [0.3, 0.4) is 0 Å². The highest BCUT2D eigenvalue weighted by molar-refractivity contribution is 7.12. The van der Waals surface area contributed by atoms with Gasteiger partial charge in [0.15, 0.2) is 0 Å². The Hall–Kier alpha value is -2.40. The van der Waals surface area contributed by atoms with Crippen molar-refractivity contribution >= 4 is 29.2 Å². The molecule has 24 heavy (non-hydrogen) atoms. The summed E-state index contributed by atoms with van der Waals surface area (Å²) in [5.41, 5.74) is 1.10. The molecule has 124 valence electrons. The maximum Gasteiger partial charge on any atom is 0.245 e. The van der Waals surface area contributed by atoms with Crippen LogP contribution in [0.2, 0.25) is 0 Å². The van der Waals surface area contributed by atoms with Gasteiger partial charge in [0, 0.05) is 28.9 Å². The van der Waals surface area contributed by atoms with E-state index in [1.807, 2.05) is 49.4 Å². The molecule has 3 rings (SSSR count). The summed E-state index contributed by atoms with van der Waals surface area (Å²) in [4.78, 5) is 28.5. The van der Waals surface area contributed by atoms with E-state index in [1.165, 1.54) is 11.0 Å². The van der Waals surface area contributed by atoms with Crippen LogP contribution in [0.1, 0.15) is 21.7 Å². The molecule has 1 atom stereocenters. The van der Waals surface area contributed by atoms with Gasteiger partial charge in [-0.05, 0) is 37.1 Å². The SMILES string of the molecule is Cc1ccc(/C=C\C(=O)N[C@H]2CCN(Cc3ccccc3)C2=O)s1. The summed E-state index contributed by atoms with van der Waals surface area (Å²) in [5, 5.41) is 2.81. The van der Waals surface area contributed by atoms with E-state index in [0.717, 1.165) is 10.4 Å². The molecule has 1 aromatic heterocycles. The van der Waals surface area contributed by atoms with Crippen LogP contribution in [0.15, 0.2) is 48.5 Å². The molecule has 2 heterocycles. The molecule has 0 spiro atoms. The van der Waals surface area contributed by atoms with Crippen LogP contribution in [-0.4, -0.2) is 29.3 Å². The number of thiophene rings is 1. The summed E-state index contributed by atoms with van der Waals surface area (Å²) in [6.45, 7) is 3.30. The number of aryl methyl sites for hydroxylation is 1. The minimum Gasteiger partial charge on any atom is -0.341 e. The third-order valence-corrected chi connectivity index (χ3v) is 4.96. The number of benzene rings is 1. The van der Waals surface area contributed by atoms with E-state index in [0.29, 0.717) is 19.5 Å². The van der Waals surface area contributed by atoms with Gasteiger partial charge in [0.2, 0.25) is 11.8 Å². The van der Waals surface area contributed by atoms with Gasteiger partial charge in [-0.25, -0.2) is 0 Å². The molecule has 0 aliphatic carbocycles. The molecule has 0 saturated carbocycles. The average Bonchev–Trinajstić information content (AvgIpc) is 3.14. The zero-order chi connectivity index (χ0) is 16.9. The van der Waals surface area contributed by atoms with Crippen LogP contribution < -0.4 is 5.32 Å². The van der Waals surface area contributed by atoms with E-state index in [2.05, 4.69) is 5.32 Å². The van der Waals surface area contributed by atoms with Crippen LogP contribution in [0, 0.1) is 6.92 Å². The molecule has 0 radical (unpaired) electrons. The number of hydrogen-bond donors (Lipinski definition) is 1. The third kappa shape index (κ3) is 4.11. The van der Waals surface area contributed by atoms with Gasteiger partial charge in [-0.3, -0.25) is 9.59 Å². The summed E-state index contributed by atoms with van der Waals surface area (Å²) in [6.07, 6.45) is 3.94. The zero-order valence-corrected chi connectivity index (χ0v) is 14.4. The second kappa shape index (κ2) is 7.45. The number of carbonyl (C=O) groups excluding carboxylic acids is 2. The van der Waals surface area contributed by atoms with Crippen LogP contribution in [0.4, 0.5) is 0 Å². The number of nitrogens with one attached hydrogen (secondary N) is 1. The fourth-order valence-electron chi connectivity index (χ4n) is 2.75. The van der Waals surface area contributed by atoms with Crippen LogP contribution in [0.5, 0.6) is 0 Å². The predicted octanol–water partition coefficient (Wildman–Crippen LogP) is 2.99. The summed E-state index contributed by atoms with van der Waals surface area (Å²) >= 11 is 1.63. The van der Waals surface area contributed by atoms with Crippen molar-refractivity contribution in [2.75, 3.05) is 6.54 Å². The highest BCUT2D eigenvalue weighted by Gasteiger charge is 2.32. The van der Waals surface area contributed by atoms with E-state index in [-0.39, 0.29) is 11.8 Å². The highest BCUT2D eigenvalue weighted by Crippen LogP contribution is 2.17. The Kier molecular flexibility index (Phi) is 5.11. The Labute approximate surface area is 145 Å². The Morgan fingerprint density at radius 1 is 1.29 bits per heavy atom. The van der Waals surface area contributed by atoms with Gasteiger partial charge >= 0.3 is 0 Å². The van der Waals surface area contributed by atoms with Crippen molar-refractivity contribution in [1.82, 2.24) is 10.2 Å². The number of likely N-dealkylation sites (tertiary alicyclic amines) is 1. The maximum absolute atomic E-state index is 12.4. The predicted molar refractivity (Wildman–Crippen MR) is 96.5 cm³/mol. The van der Waals surface area contributed by atoms with Gasteiger partial charge in [-0.2, -0.15) is 0 Å². The van der Waals surface area contributed by atoms with Gasteiger partial charge < -0.3 is 10.2 Å². The summed E-state index contributed by atoms with van der Waals surface area (Å²) in [5.74, 6) is -0.228. The fourth-order valence-corrected chi connectivity index (χ4v) is 3.53. The molecule has 1 aliphatic heterocycles. The number of nitrogens with zero attached hydrogens (tertiary/aromatic N) is 1. The standard InChI is InChI=1S/C19H20N2O2S/c1-14-7-8-16(24-14)9-10-18(22)20-17-11-12-21(19(17)23)13-15-5-3-2-4-6-15/h2-10,17H,11-13H2,1H3,(H,20,22)/b10-9-/t17-/m0/s1. The Bertz CT molecular complexity index is 752. The molecule has 2 amide bonds. The molecule has 1 N–H and O–H groups in total. The van der Waals surface area contributed by atoms with Crippen molar-refractivity contribution in [3.8, 4) is 0 Å². The summed E-state index contributed by atoms with van der Waals surface area (Å²) in [7, 11) is 0. The fraction of sp³-hybridized carbons (Fsp3) is 0.263. The Morgan fingerprint density at radius 3 is 2.79 bits per heavy atom. The van der Waals surface area contributed by atoms with Gasteiger partial charge in [-0.1, -0.05) is 30.3 Å². The minimum atomic E-state index is -0.420. The lowest BCUT2D eigenvalue weighted by atomic mass is 10.2. The van der Waals surface area contributed by atoms with Gasteiger partial charge in [0.25, 0.3) is 0 Å². The summed E-state index contributed by atoms with van der Waals surface area (Å²) in [6, 6.07) is 13.5. The first-order valence-corrected chi connectivity index (χ1v) is 8.81. The topological polar surface area (TPSA) is 49.4 Å². The molecule has 2 aromatic rings. The van der Waals surface area contributed by atoms with Gasteiger partial charge in [0.05, 0.1) is 0 Å². The van der Waals surface area contributed by atoms with Crippen molar-refractivity contribution in [3.05, 3.63) is 63.9 Å². The van der Waals surface area contributed by atoms with Crippen molar-refractivity contribution in [2.45, 2.75) is 25.9 Å². The molecule has 5 heteroatoms. The maximum atomic E-state index is 12.4. The number of rotatable bonds is 5. The zero-order valence-electron chi connectivity index (χ0n) is 13.6.